The first-order valence-electron chi connectivity index (χ1n) is 8.80. The Morgan fingerprint density at radius 2 is 1.93 bits per heavy atom. The van der Waals surface area contributed by atoms with Crippen LogP contribution in [0, 0.1) is 11.6 Å². The third-order valence-electron chi connectivity index (χ3n) is 3.68. The molecule has 0 saturated carbocycles. The molecule has 1 aromatic carbocycles. The molecule has 1 unspecified atom stereocenters. The van der Waals surface area contributed by atoms with Crippen LogP contribution in [0.1, 0.15) is 26.7 Å². The van der Waals surface area contributed by atoms with E-state index in [0.29, 0.717) is 0 Å². The molecular weight excluding hydrogens is 370 g/mol. The number of carbonyl (C=O) groups is 2. The second kappa shape index (κ2) is 10.2. The summed E-state index contributed by atoms with van der Waals surface area (Å²) < 4.78 is 31.9. The summed E-state index contributed by atoms with van der Waals surface area (Å²) >= 11 is 0. The molecular formula is C19H22F2N4O3. The molecule has 0 bridgehead atoms. The van der Waals surface area contributed by atoms with E-state index in [1.807, 2.05) is 6.92 Å². The molecule has 150 valence electrons. The monoisotopic (exact) mass is 392 g/mol. The highest BCUT2D eigenvalue weighted by Crippen LogP contribution is 2.26. The first-order valence-corrected chi connectivity index (χ1v) is 8.80. The van der Waals surface area contributed by atoms with E-state index in [0.717, 1.165) is 25.1 Å². The van der Waals surface area contributed by atoms with Crippen LogP contribution in [0.2, 0.25) is 0 Å². The van der Waals surface area contributed by atoms with Crippen molar-refractivity contribution in [1.29, 1.82) is 0 Å². The number of nitrogens with one attached hydrogen (secondary N) is 3. The van der Waals surface area contributed by atoms with Crippen LogP contribution in [0.15, 0.2) is 36.7 Å². The number of rotatable bonds is 8. The van der Waals surface area contributed by atoms with Gasteiger partial charge < -0.3 is 20.7 Å². The number of hydrogen-bond donors (Lipinski definition) is 3. The molecule has 28 heavy (non-hydrogen) atoms. The van der Waals surface area contributed by atoms with E-state index in [4.69, 9.17) is 4.74 Å². The Kier molecular flexibility index (Phi) is 7.67. The summed E-state index contributed by atoms with van der Waals surface area (Å²) in [5.74, 6) is -1.64. The Bertz CT molecular complexity index is 833. The molecule has 0 spiro atoms. The lowest BCUT2D eigenvalue weighted by molar-refractivity contribution is -0.117. The predicted octanol–water partition coefficient (Wildman–Crippen LogP) is 3.96. The second-order valence-corrected chi connectivity index (χ2v) is 6.05. The number of benzene rings is 1. The highest BCUT2D eigenvalue weighted by atomic mass is 19.1. The number of anilines is 3. The SMILES string of the molecule is CCCCOC(=O)NC(C)C(=O)Nc1ccc(F)cc1Nc1cncc(F)c1. The predicted molar refractivity (Wildman–Crippen MR) is 101 cm³/mol. The minimum Gasteiger partial charge on any atom is -0.450 e. The van der Waals surface area contributed by atoms with Crippen molar-refractivity contribution in [3.05, 3.63) is 48.3 Å². The number of amides is 2. The van der Waals surface area contributed by atoms with Gasteiger partial charge in [0.15, 0.2) is 0 Å². The first-order chi connectivity index (χ1) is 13.4. The maximum absolute atomic E-state index is 13.6. The van der Waals surface area contributed by atoms with Crippen LogP contribution >= 0.6 is 0 Å². The molecule has 9 heteroatoms. The lowest BCUT2D eigenvalue weighted by Crippen LogP contribution is -2.42. The molecule has 0 aliphatic carbocycles. The number of halogens is 2. The molecule has 1 atom stereocenters. The van der Waals surface area contributed by atoms with E-state index in [2.05, 4.69) is 20.9 Å². The quantitative estimate of drug-likeness (QED) is 0.592. The van der Waals surface area contributed by atoms with Crippen molar-refractivity contribution in [1.82, 2.24) is 10.3 Å². The zero-order chi connectivity index (χ0) is 20.5. The van der Waals surface area contributed by atoms with Crippen LogP contribution in [-0.2, 0) is 9.53 Å². The van der Waals surface area contributed by atoms with Crippen LogP contribution in [0.25, 0.3) is 0 Å². The number of pyridine rings is 1. The smallest absolute Gasteiger partial charge is 0.407 e. The zero-order valence-corrected chi connectivity index (χ0v) is 15.6. The van der Waals surface area contributed by atoms with Gasteiger partial charge in [0.2, 0.25) is 5.91 Å². The minimum atomic E-state index is -0.886. The van der Waals surface area contributed by atoms with E-state index < -0.39 is 29.7 Å². The Labute approximate surface area is 161 Å². The number of hydrogen-bond acceptors (Lipinski definition) is 5. The summed E-state index contributed by atoms with van der Waals surface area (Å²) in [5, 5.41) is 7.82. The maximum Gasteiger partial charge on any atom is 0.407 e. The van der Waals surface area contributed by atoms with Gasteiger partial charge in [0.05, 0.1) is 36.1 Å². The largest absolute Gasteiger partial charge is 0.450 e. The summed E-state index contributed by atoms with van der Waals surface area (Å²) in [4.78, 5) is 27.7. The Morgan fingerprint density at radius 3 is 2.64 bits per heavy atom. The van der Waals surface area contributed by atoms with Gasteiger partial charge in [-0.15, -0.1) is 0 Å². The summed E-state index contributed by atoms with van der Waals surface area (Å²) in [6, 6.07) is 3.97. The third kappa shape index (κ3) is 6.49. The highest BCUT2D eigenvalue weighted by Gasteiger charge is 2.18. The average molecular weight is 392 g/mol. The lowest BCUT2D eigenvalue weighted by atomic mass is 10.2. The van der Waals surface area contributed by atoms with Crippen molar-refractivity contribution < 1.29 is 23.1 Å². The summed E-state index contributed by atoms with van der Waals surface area (Å²) in [6.07, 6.45) is 3.31. The highest BCUT2D eigenvalue weighted by molar-refractivity contribution is 5.99. The maximum atomic E-state index is 13.6. The lowest BCUT2D eigenvalue weighted by Gasteiger charge is -2.17. The fourth-order valence-corrected chi connectivity index (χ4v) is 2.20. The van der Waals surface area contributed by atoms with Crippen molar-refractivity contribution in [2.45, 2.75) is 32.7 Å². The average Bonchev–Trinajstić information content (AvgIpc) is 2.64. The Balaban J connectivity index is 2.04. The molecule has 1 aromatic heterocycles. The van der Waals surface area contributed by atoms with Crippen LogP contribution in [-0.4, -0.2) is 29.6 Å². The van der Waals surface area contributed by atoms with Crippen LogP contribution in [0.4, 0.5) is 30.6 Å². The van der Waals surface area contributed by atoms with E-state index in [1.165, 1.54) is 31.3 Å². The van der Waals surface area contributed by atoms with Gasteiger partial charge in [-0.25, -0.2) is 13.6 Å². The molecule has 0 radical (unpaired) electrons. The van der Waals surface area contributed by atoms with E-state index in [1.54, 1.807) is 0 Å². The fourth-order valence-electron chi connectivity index (χ4n) is 2.20. The fraction of sp³-hybridized carbons (Fsp3) is 0.316. The number of aromatic nitrogens is 1. The second-order valence-electron chi connectivity index (χ2n) is 6.05. The molecule has 2 aromatic rings. The zero-order valence-electron chi connectivity index (χ0n) is 15.6. The van der Waals surface area contributed by atoms with Crippen LogP contribution in [0.3, 0.4) is 0 Å². The number of unbranched alkanes of at least 4 members (excludes halogenated alkanes) is 1. The van der Waals surface area contributed by atoms with Crippen LogP contribution < -0.4 is 16.0 Å². The number of ether oxygens (including phenoxy) is 1. The van der Waals surface area contributed by atoms with Gasteiger partial charge in [0, 0.05) is 6.07 Å². The third-order valence-corrected chi connectivity index (χ3v) is 3.68. The number of carbonyl (C=O) groups excluding carboxylic acids is 2. The normalized spacial score (nSPS) is 11.4. The number of nitrogens with zero attached hydrogens (tertiary/aromatic N) is 1. The molecule has 1 heterocycles. The van der Waals surface area contributed by atoms with Crippen molar-refractivity contribution in [3.63, 3.8) is 0 Å². The van der Waals surface area contributed by atoms with Crippen molar-refractivity contribution in [2.24, 2.45) is 0 Å². The molecule has 0 aliphatic rings. The molecule has 7 nitrogen and oxygen atoms in total. The van der Waals surface area contributed by atoms with Gasteiger partial charge in [-0.05, 0) is 31.5 Å². The topological polar surface area (TPSA) is 92.3 Å². The molecule has 0 aliphatic heterocycles. The van der Waals surface area contributed by atoms with Gasteiger partial charge in [-0.2, -0.15) is 0 Å². The standard InChI is InChI=1S/C19H22F2N4O3/c1-3-4-7-28-19(27)23-12(2)18(26)25-16-6-5-13(20)9-17(16)24-15-8-14(21)10-22-11-15/h5-6,8-12,24H,3-4,7H2,1-2H3,(H,23,27)(H,25,26). The van der Waals surface area contributed by atoms with E-state index in [9.17, 15) is 18.4 Å². The molecule has 2 rings (SSSR count). The minimum absolute atomic E-state index is 0.207. The Morgan fingerprint density at radius 1 is 1.14 bits per heavy atom. The van der Waals surface area contributed by atoms with E-state index >= 15 is 0 Å². The van der Waals surface area contributed by atoms with Gasteiger partial charge in [-0.3, -0.25) is 9.78 Å². The van der Waals surface area contributed by atoms with Crippen molar-refractivity contribution >= 4 is 29.1 Å². The summed E-state index contributed by atoms with van der Waals surface area (Å²) in [5.41, 5.74) is 0.744. The summed E-state index contributed by atoms with van der Waals surface area (Å²) in [7, 11) is 0. The molecule has 0 saturated heterocycles. The molecule has 2 amide bonds. The van der Waals surface area contributed by atoms with Crippen molar-refractivity contribution in [3.8, 4) is 0 Å². The molecule has 3 N–H and O–H groups in total. The van der Waals surface area contributed by atoms with Gasteiger partial charge in [0.1, 0.15) is 17.7 Å². The number of alkyl carbamates (subject to hydrolysis) is 1. The van der Waals surface area contributed by atoms with Crippen molar-refractivity contribution in [2.75, 3.05) is 17.2 Å². The molecule has 0 fully saturated rings. The van der Waals surface area contributed by atoms with Gasteiger partial charge in [0.25, 0.3) is 0 Å². The van der Waals surface area contributed by atoms with Crippen LogP contribution in [0.5, 0.6) is 0 Å². The summed E-state index contributed by atoms with van der Waals surface area (Å²) in [6.45, 7) is 3.72. The van der Waals surface area contributed by atoms with E-state index in [-0.39, 0.29) is 23.7 Å². The Hall–Kier alpha value is -3.23. The van der Waals surface area contributed by atoms with Gasteiger partial charge in [-0.1, -0.05) is 13.3 Å². The first kappa shape index (κ1) is 21.1. The van der Waals surface area contributed by atoms with Gasteiger partial charge >= 0.3 is 6.09 Å².